The number of urea groups is 1. The molecule has 2 aromatic carbocycles. The van der Waals surface area contributed by atoms with E-state index in [0.717, 1.165) is 24.3 Å². The van der Waals surface area contributed by atoms with E-state index in [4.69, 9.17) is 0 Å². The number of nitrogens with zero attached hydrogens (tertiary/aromatic N) is 1. The predicted molar refractivity (Wildman–Crippen MR) is 97.7 cm³/mol. The number of amides is 3. The maximum atomic E-state index is 13.7. The fourth-order valence-corrected chi connectivity index (χ4v) is 3.17. The second-order valence-corrected chi connectivity index (χ2v) is 6.38. The van der Waals surface area contributed by atoms with Gasteiger partial charge in [-0.3, -0.25) is 9.69 Å². The van der Waals surface area contributed by atoms with E-state index in [1.807, 2.05) is 0 Å². The first-order valence-corrected chi connectivity index (χ1v) is 8.73. The van der Waals surface area contributed by atoms with Gasteiger partial charge in [-0.1, -0.05) is 6.07 Å². The van der Waals surface area contributed by atoms with Gasteiger partial charge in [0, 0.05) is 24.0 Å². The zero-order valence-electron chi connectivity index (χ0n) is 15.5. The van der Waals surface area contributed by atoms with Crippen molar-refractivity contribution in [2.24, 2.45) is 0 Å². The molecule has 0 aromatic heterocycles. The van der Waals surface area contributed by atoms with Crippen LogP contribution in [0.4, 0.5) is 28.0 Å². The van der Waals surface area contributed by atoms with Crippen molar-refractivity contribution in [2.45, 2.75) is 19.9 Å². The summed E-state index contributed by atoms with van der Waals surface area (Å²) in [5, 5.41) is 5.04. The second-order valence-electron chi connectivity index (χ2n) is 6.38. The molecule has 0 bridgehead atoms. The van der Waals surface area contributed by atoms with Gasteiger partial charge >= 0.3 is 6.03 Å². The van der Waals surface area contributed by atoms with Crippen LogP contribution in [-0.4, -0.2) is 23.4 Å². The summed E-state index contributed by atoms with van der Waals surface area (Å²) in [5.74, 6) is -5.12. The molecule has 2 aromatic rings. The average molecular weight is 407 g/mol. The molecule has 0 radical (unpaired) electrons. The van der Waals surface area contributed by atoms with Crippen LogP contribution >= 0.6 is 0 Å². The number of carbonyl (C=O) groups is 2. The molecule has 3 rings (SSSR count). The molecule has 0 fully saturated rings. The first-order chi connectivity index (χ1) is 13.7. The van der Waals surface area contributed by atoms with Gasteiger partial charge in [0.2, 0.25) is 0 Å². The molecular formula is C20H17F4N3O2. The van der Waals surface area contributed by atoms with E-state index >= 15 is 0 Å². The average Bonchev–Trinajstić information content (AvgIpc) is 2.66. The van der Waals surface area contributed by atoms with E-state index in [-0.39, 0.29) is 23.4 Å². The van der Waals surface area contributed by atoms with E-state index < -0.39 is 41.2 Å². The number of carbonyl (C=O) groups excluding carboxylic acids is 2. The number of anilines is 1. The van der Waals surface area contributed by atoms with Crippen LogP contribution in [0.1, 0.15) is 25.5 Å². The van der Waals surface area contributed by atoms with Crippen molar-refractivity contribution in [1.29, 1.82) is 0 Å². The molecule has 3 amide bonds. The van der Waals surface area contributed by atoms with Crippen LogP contribution < -0.4 is 10.6 Å². The number of benzene rings is 2. The molecule has 0 unspecified atom stereocenters. The Morgan fingerprint density at radius 2 is 1.66 bits per heavy atom. The van der Waals surface area contributed by atoms with Gasteiger partial charge < -0.3 is 10.6 Å². The number of allylic oxidation sites excluding steroid dienone is 1. The minimum absolute atomic E-state index is 0.00168. The lowest BCUT2D eigenvalue weighted by Crippen LogP contribution is -2.48. The Morgan fingerprint density at radius 1 is 1.03 bits per heavy atom. The van der Waals surface area contributed by atoms with Crippen LogP contribution in [0.2, 0.25) is 0 Å². The molecule has 152 valence electrons. The molecule has 2 N–H and O–H groups in total. The Morgan fingerprint density at radius 3 is 2.24 bits per heavy atom. The molecular weight excluding hydrogens is 390 g/mol. The highest BCUT2D eigenvalue weighted by Crippen LogP contribution is 2.32. The summed E-state index contributed by atoms with van der Waals surface area (Å²) in [6, 6.07) is 4.31. The van der Waals surface area contributed by atoms with Crippen molar-refractivity contribution in [2.75, 3.05) is 11.9 Å². The highest BCUT2D eigenvalue weighted by molar-refractivity contribution is 6.06. The van der Waals surface area contributed by atoms with Crippen molar-refractivity contribution >= 4 is 17.6 Å². The Labute approximate surface area is 164 Å². The normalized spacial score (nSPS) is 16.7. The van der Waals surface area contributed by atoms with Crippen molar-refractivity contribution in [3.63, 3.8) is 0 Å². The van der Waals surface area contributed by atoms with Crippen LogP contribution in [-0.2, 0) is 4.79 Å². The summed E-state index contributed by atoms with van der Waals surface area (Å²) in [4.78, 5) is 26.6. The SMILES string of the molecule is CCN1C(=O)N[C@@H](c2ccc(F)c(F)c2)C(C(=O)Nc2ccc(F)c(F)c2)=C1C. The van der Waals surface area contributed by atoms with Gasteiger partial charge in [0.15, 0.2) is 23.3 Å². The highest BCUT2D eigenvalue weighted by atomic mass is 19.2. The summed E-state index contributed by atoms with van der Waals surface area (Å²) in [7, 11) is 0. The van der Waals surface area contributed by atoms with Crippen LogP contribution in [0.15, 0.2) is 47.7 Å². The Balaban J connectivity index is 2.04. The molecule has 0 saturated carbocycles. The van der Waals surface area contributed by atoms with E-state index in [1.165, 1.54) is 24.0 Å². The summed E-state index contributed by atoms with van der Waals surface area (Å²) in [5.41, 5.74) is 0.509. The van der Waals surface area contributed by atoms with E-state index in [9.17, 15) is 27.2 Å². The molecule has 0 aliphatic carbocycles. The molecule has 1 aliphatic heterocycles. The van der Waals surface area contributed by atoms with Gasteiger partial charge in [0.25, 0.3) is 5.91 Å². The van der Waals surface area contributed by atoms with Gasteiger partial charge in [-0.25, -0.2) is 22.4 Å². The van der Waals surface area contributed by atoms with Crippen molar-refractivity contribution in [3.05, 3.63) is 76.5 Å². The number of hydrogen-bond donors (Lipinski definition) is 2. The molecule has 1 heterocycles. The van der Waals surface area contributed by atoms with E-state index in [0.29, 0.717) is 5.70 Å². The Hall–Kier alpha value is -3.36. The zero-order chi connectivity index (χ0) is 21.3. The van der Waals surface area contributed by atoms with Crippen LogP contribution in [0, 0.1) is 23.3 Å². The Bertz CT molecular complexity index is 1020. The number of rotatable bonds is 4. The lowest BCUT2D eigenvalue weighted by molar-refractivity contribution is -0.113. The monoisotopic (exact) mass is 407 g/mol. The first kappa shape index (κ1) is 20.4. The molecule has 0 spiro atoms. The van der Waals surface area contributed by atoms with Crippen LogP contribution in [0.5, 0.6) is 0 Å². The molecule has 1 atom stereocenters. The molecule has 29 heavy (non-hydrogen) atoms. The van der Waals surface area contributed by atoms with Crippen molar-refractivity contribution in [1.82, 2.24) is 10.2 Å². The molecule has 9 heteroatoms. The van der Waals surface area contributed by atoms with Gasteiger partial charge in [-0.15, -0.1) is 0 Å². The lowest BCUT2D eigenvalue weighted by Gasteiger charge is -2.35. The third-order valence-corrected chi connectivity index (χ3v) is 4.61. The number of halogens is 4. The van der Waals surface area contributed by atoms with Gasteiger partial charge in [-0.2, -0.15) is 0 Å². The standard InChI is InChI=1S/C20H17F4N3O2/c1-3-27-10(2)17(19(28)25-12-5-7-14(22)16(24)9-12)18(26-20(27)29)11-4-6-13(21)15(23)8-11/h4-9,18H,3H2,1-2H3,(H,25,28)(H,26,29)/t18-/m0/s1. The smallest absolute Gasteiger partial charge is 0.322 e. The first-order valence-electron chi connectivity index (χ1n) is 8.73. The third-order valence-electron chi connectivity index (χ3n) is 4.61. The predicted octanol–water partition coefficient (Wildman–Crippen LogP) is 4.24. The fraction of sp³-hybridized carbons (Fsp3) is 0.200. The maximum Gasteiger partial charge on any atom is 0.322 e. The summed E-state index contributed by atoms with van der Waals surface area (Å²) in [6.07, 6.45) is 0. The van der Waals surface area contributed by atoms with E-state index in [2.05, 4.69) is 10.6 Å². The fourth-order valence-electron chi connectivity index (χ4n) is 3.17. The zero-order valence-corrected chi connectivity index (χ0v) is 15.5. The van der Waals surface area contributed by atoms with Crippen LogP contribution in [0.25, 0.3) is 0 Å². The highest BCUT2D eigenvalue weighted by Gasteiger charge is 2.35. The lowest BCUT2D eigenvalue weighted by atomic mass is 9.94. The minimum atomic E-state index is -1.14. The van der Waals surface area contributed by atoms with Gasteiger partial charge in [0.05, 0.1) is 11.6 Å². The summed E-state index contributed by atoms with van der Waals surface area (Å²) >= 11 is 0. The summed E-state index contributed by atoms with van der Waals surface area (Å²) in [6.45, 7) is 3.49. The second kappa shape index (κ2) is 7.94. The quantitative estimate of drug-likeness (QED) is 0.745. The number of nitrogens with one attached hydrogen (secondary N) is 2. The Kier molecular flexibility index (Phi) is 5.58. The maximum absolute atomic E-state index is 13.7. The molecule has 0 saturated heterocycles. The van der Waals surface area contributed by atoms with Gasteiger partial charge in [0.1, 0.15) is 0 Å². The number of hydrogen-bond acceptors (Lipinski definition) is 2. The largest absolute Gasteiger partial charge is 0.326 e. The van der Waals surface area contributed by atoms with Crippen LogP contribution in [0.3, 0.4) is 0 Å². The third kappa shape index (κ3) is 3.94. The molecule has 5 nitrogen and oxygen atoms in total. The van der Waals surface area contributed by atoms with Crippen molar-refractivity contribution in [3.8, 4) is 0 Å². The minimum Gasteiger partial charge on any atom is -0.326 e. The topological polar surface area (TPSA) is 61.4 Å². The van der Waals surface area contributed by atoms with E-state index in [1.54, 1.807) is 6.92 Å². The van der Waals surface area contributed by atoms with Gasteiger partial charge in [-0.05, 0) is 43.7 Å². The van der Waals surface area contributed by atoms with Crippen molar-refractivity contribution < 1.29 is 27.2 Å². The summed E-state index contributed by atoms with van der Waals surface area (Å²) < 4.78 is 53.6. The molecule has 1 aliphatic rings.